The molecule has 0 aliphatic carbocycles. The van der Waals surface area contributed by atoms with Gasteiger partial charge in [-0.25, -0.2) is 8.42 Å². The van der Waals surface area contributed by atoms with E-state index < -0.39 is 10.0 Å². The van der Waals surface area contributed by atoms with Crippen LogP contribution >= 0.6 is 0 Å². The number of rotatable bonds is 6. The summed E-state index contributed by atoms with van der Waals surface area (Å²) in [5.41, 5.74) is 0.461. The third-order valence-electron chi connectivity index (χ3n) is 4.65. The number of piperidine rings is 1. The summed E-state index contributed by atoms with van der Waals surface area (Å²) in [5, 5.41) is 5.87. The van der Waals surface area contributed by atoms with Crippen molar-refractivity contribution in [1.29, 1.82) is 0 Å². The number of benzene rings is 1. The number of hydrogen-bond donors (Lipinski definition) is 2. The van der Waals surface area contributed by atoms with Crippen LogP contribution < -0.4 is 10.6 Å². The van der Waals surface area contributed by atoms with Crippen molar-refractivity contribution in [3.8, 4) is 0 Å². The van der Waals surface area contributed by atoms with E-state index in [1.54, 1.807) is 16.4 Å². The second-order valence-electron chi connectivity index (χ2n) is 7.19. The van der Waals surface area contributed by atoms with Crippen molar-refractivity contribution < 1.29 is 13.2 Å². The summed E-state index contributed by atoms with van der Waals surface area (Å²) < 4.78 is 27.2. The van der Waals surface area contributed by atoms with Crippen LogP contribution in [0.15, 0.2) is 29.2 Å². The standard InChI is InChI=1S/C18H29N3O3S/c1-13-9-14(2)12-21(11-13)25(23,24)17-7-5-16(6-8-17)18(22)20-10-15(3)19-4/h5-8,13-15,19H,9-12H2,1-4H3,(H,20,22). The summed E-state index contributed by atoms with van der Waals surface area (Å²) in [4.78, 5) is 12.4. The Hall–Kier alpha value is -1.44. The maximum atomic E-state index is 12.8. The first-order chi connectivity index (χ1) is 11.7. The SMILES string of the molecule is CNC(C)CNC(=O)c1ccc(S(=O)(=O)N2CC(C)CC(C)C2)cc1. The largest absolute Gasteiger partial charge is 0.350 e. The average molecular weight is 368 g/mol. The molecule has 1 aromatic carbocycles. The number of likely N-dealkylation sites (N-methyl/N-ethyl adjacent to an activating group) is 1. The minimum Gasteiger partial charge on any atom is -0.350 e. The molecule has 0 radical (unpaired) electrons. The molecule has 1 heterocycles. The molecule has 1 fully saturated rings. The molecule has 3 atom stereocenters. The molecule has 6 nitrogen and oxygen atoms in total. The van der Waals surface area contributed by atoms with Crippen LogP contribution in [0.5, 0.6) is 0 Å². The number of nitrogens with zero attached hydrogens (tertiary/aromatic N) is 1. The highest BCUT2D eigenvalue weighted by Crippen LogP contribution is 2.26. The summed E-state index contributed by atoms with van der Waals surface area (Å²) in [7, 11) is -1.68. The molecule has 1 aliphatic heterocycles. The Bertz CT molecular complexity index is 678. The van der Waals surface area contributed by atoms with Crippen molar-refractivity contribution in [3.63, 3.8) is 0 Å². The topological polar surface area (TPSA) is 78.5 Å². The quantitative estimate of drug-likeness (QED) is 0.802. The Morgan fingerprint density at radius 1 is 1.20 bits per heavy atom. The van der Waals surface area contributed by atoms with Crippen molar-refractivity contribution in [3.05, 3.63) is 29.8 Å². The molecule has 3 unspecified atom stereocenters. The number of carbonyl (C=O) groups excluding carboxylic acids is 1. The van der Waals surface area contributed by atoms with Crippen molar-refractivity contribution in [2.24, 2.45) is 11.8 Å². The smallest absolute Gasteiger partial charge is 0.251 e. The molecule has 2 N–H and O–H groups in total. The lowest BCUT2D eigenvalue weighted by atomic mass is 9.94. The van der Waals surface area contributed by atoms with Gasteiger partial charge in [0.1, 0.15) is 0 Å². The van der Waals surface area contributed by atoms with Gasteiger partial charge in [-0.1, -0.05) is 13.8 Å². The highest BCUT2D eigenvalue weighted by Gasteiger charge is 2.31. The number of amides is 1. The van der Waals surface area contributed by atoms with E-state index in [4.69, 9.17) is 0 Å². The van der Waals surface area contributed by atoms with Gasteiger partial charge < -0.3 is 10.6 Å². The molecule has 7 heteroatoms. The lowest BCUT2D eigenvalue weighted by Gasteiger charge is -2.34. The van der Waals surface area contributed by atoms with Crippen LogP contribution in [0.2, 0.25) is 0 Å². The highest BCUT2D eigenvalue weighted by atomic mass is 32.2. The number of nitrogens with one attached hydrogen (secondary N) is 2. The van der Waals surface area contributed by atoms with E-state index in [1.807, 2.05) is 14.0 Å². The van der Waals surface area contributed by atoms with Crippen LogP contribution in [-0.4, -0.2) is 51.4 Å². The van der Waals surface area contributed by atoms with Crippen molar-refractivity contribution in [2.75, 3.05) is 26.7 Å². The van der Waals surface area contributed by atoms with Crippen molar-refractivity contribution in [1.82, 2.24) is 14.9 Å². The summed E-state index contributed by atoms with van der Waals surface area (Å²) in [6.45, 7) is 7.75. The zero-order chi connectivity index (χ0) is 18.6. The molecule has 0 aromatic heterocycles. The van der Waals surface area contributed by atoms with E-state index in [-0.39, 0.29) is 16.8 Å². The van der Waals surface area contributed by atoms with Gasteiger partial charge in [0.05, 0.1) is 4.90 Å². The second-order valence-corrected chi connectivity index (χ2v) is 9.13. The van der Waals surface area contributed by atoms with E-state index in [9.17, 15) is 13.2 Å². The van der Waals surface area contributed by atoms with E-state index in [1.165, 1.54) is 12.1 Å². The van der Waals surface area contributed by atoms with E-state index in [0.29, 0.717) is 37.0 Å². The zero-order valence-corrected chi connectivity index (χ0v) is 16.3. The van der Waals surface area contributed by atoms with Gasteiger partial charge in [-0.3, -0.25) is 4.79 Å². The van der Waals surface area contributed by atoms with Gasteiger partial charge in [-0.05, 0) is 56.5 Å². The van der Waals surface area contributed by atoms with Gasteiger partial charge in [0.15, 0.2) is 0 Å². The lowest BCUT2D eigenvalue weighted by molar-refractivity contribution is 0.0950. The van der Waals surface area contributed by atoms with E-state index in [2.05, 4.69) is 24.5 Å². The fourth-order valence-corrected chi connectivity index (χ4v) is 4.86. The van der Waals surface area contributed by atoms with Crippen LogP contribution in [-0.2, 0) is 10.0 Å². The maximum absolute atomic E-state index is 12.8. The molecule has 2 rings (SSSR count). The van der Waals surface area contributed by atoms with Crippen molar-refractivity contribution >= 4 is 15.9 Å². The number of hydrogen-bond acceptors (Lipinski definition) is 4. The molecule has 140 valence electrons. The van der Waals surface area contributed by atoms with Crippen LogP contribution in [0.3, 0.4) is 0 Å². The second kappa shape index (κ2) is 8.29. The Morgan fingerprint density at radius 3 is 2.28 bits per heavy atom. The average Bonchev–Trinajstić information content (AvgIpc) is 2.58. The predicted octanol–water partition coefficient (Wildman–Crippen LogP) is 1.69. The van der Waals surface area contributed by atoms with Gasteiger partial charge in [-0.15, -0.1) is 0 Å². The summed E-state index contributed by atoms with van der Waals surface area (Å²) in [5.74, 6) is 0.516. The minimum absolute atomic E-state index is 0.173. The lowest BCUT2D eigenvalue weighted by Crippen LogP contribution is -2.42. The molecular formula is C18H29N3O3S. The van der Waals surface area contributed by atoms with Crippen LogP contribution in [0.25, 0.3) is 0 Å². The molecule has 0 bridgehead atoms. The third kappa shape index (κ3) is 5.03. The summed E-state index contributed by atoms with van der Waals surface area (Å²) in [6, 6.07) is 6.36. The normalized spacial score (nSPS) is 23.2. The zero-order valence-electron chi connectivity index (χ0n) is 15.5. The Labute approximate surface area is 151 Å². The van der Waals surface area contributed by atoms with Crippen LogP contribution in [0.4, 0.5) is 0 Å². The third-order valence-corrected chi connectivity index (χ3v) is 6.50. The molecule has 1 saturated heterocycles. The van der Waals surface area contributed by atoms with Gasteiger partial charge in [0, 0.05) is 31.2 Å². The van der Waals surface area contributed by atoms with E-state index in [0.717, 1.165) is 6.42 Å². The minimum atomic E-state index is -3.51. The molecule has 1 aliphatic rings. The first kappa shape index (κ1) is 19.9. The summed E-state index contributed by atoms with van der Waals surface area (Å²) in [6.07, 6.45) is 1.05. The molecule has 1 aromatic rings. The van der Waals surface area contributed by atoms with Gasteiger partial charge in [0.25, 0.3) is 5.91 Å². The van der Waals surface area contributed by atoms with Crippen LogP contribution in [0, 0.1) is 11.8 Å². The van der Waals surface area contributed by atoms with Crippen molar-refractivity contribution in [2.45, 2.75) is 38.1 Å². The Kier molecular flexibility index (Phi) is 6.59. The highest BCUT2D eigenvalue weighted by molar-refractivity contribution is 7.89. The van der Waals surface area contributed by atoms with Gasteiger partial charge in [-0.2, -0.15) is 4.31 Å². The Balaban J connectivity index is 2.09. The molecule has 0 spiro atoms. The molecule has 0 saturated carbocycles. The fraction of sp³-hybridized carbons (Fsp3) is 0.611. The molecular weight excluding hydrogens is 338 g/mol. The monoisotopic (exact) mass is 367 g/mol. The summed E-state index contributed by atoms with van der Waals surface area (Å²) >= 11 is 0. The molecule has 1 amide bonds. The van der Waals surface area contributed by atoms with Crippen LogP contribution in [0.1, 0.15) is 37.6 Å². The fourth-order valence-electron chi connectivity index (χ4n) is 3.18. The van der Waals surface area contributed by atoms with E-state index >= 15 is 0 Å². The molecule has 25 heavy (non-hydrogen) atoms. The van der Waals surface area contributed by atoms with Gasteiger partial charge >= 0.3 is 0 Å². The number of carbonyl (C=O) groups is 1. The predicted molar refractivity (Wildman–Crippen MR) is 99.0 cm³/mol. The number of sulfonamides is 1. The first-order valence-corrected chi connectivity index (χ1v) is 10.2. The van der Waals surface area contributed by atoms with Gasteiger partial charge in [0.2, 0.25) is 10.0 Å². The first-order valence-electron chi connectivity index (χ1n) is 8.79. The Morgan fingerprint density at radius 2 is 1.76 bits per heavy atom. The maximum Gasteiger partial charge on any atom is 0.251 e.